The van der Waals surface area contributed by atoms with Gasteiger partial charge in [0.1, 0.15) is 23.3 Å². The maximum absolute atomic E-state index is 13.9. The third kappa shape index (κ3) is 3.44. The van der Waals surface area contributed by atoms with E-state index in [9.17, 15) is 28.3 Å². The molecular formula is C22H23F2N3O5. The molecule has 2 N–H and O–H groups in total. The van der Waals surface area contributed by atoms with Gasteiger partial charge in [-0.2, -0.15) is 0 Å². The first-order valence-corrected chi connectivity index (χ1v) is 10.4. The van der Waals surface area contributed by atoms with Crippen LogP contribution in [0.15, 0.2) is 23.0 Å². The van der Waals surface area contributed by atoms with Crippen LogP contribution in [-0.4, -0.2) is 46.1 Å². The largest absolute Gasteiger partial charge is 0.503 e. The summed E-state index contributed by atoms with van der Waals surface area (Å²) in [5, 5.41) is 13.1. The topological polar surface area (TPSA) is 101 Å². The molecule has 2 aliphatic rings. The van der Waals surface area contributed by atoms with E-state index in [-0.39, 0.29) is 35.1 Å². The summed E-state index contributed by atoms with van der Waals surface area (Å²) in [4.78, 5) is 40.4. The standard InChI is InChI=1S/C22H23F2N3O5/c1-3-26-10-13-8-15(32-4-2)17-16(19(28)20(29)18(22(26)31)27(13)17)21(30)25-9-11-5-6-12(23)7-14(11)24/h5-7,13,15,29H,3-4,8-10H2,1-2H3,(H,25,30). The van der Waals surface area contributed by atoms with Crippen molar-refractivity contribution in [3.05, 3.63) is 62.6 Å². The first kappa shape index (κ1) is 21.9. The maximum atomic E-state index is 13.9. The minimum Gasteiger partial charge on any atom is -0.503 e. The fraction of sp³-hybridized carbons (Fsp3) is 0.409. The molecule has 2 aliphatic heterocycles. The van der Waals surface area contributed by atoms with Crippen molar-refractivity contribution in [3.8, 4) is 5.75 Å². The van der Waals surface area contributed by atoms with Crippen LogP contribution in [0, 0.1) is 11.6 Å². The zero-order valence-corrected chi connectivity index (χ0v) is 17.7. The summed E-state index contributed by atoms with van der Waals surface area (Å²) in [5.41, 5.74) is -1.21. The molecule has 0 spiro atoms. The smallest absolute Gasteiger partial charge is 0.274 e. The van der Waals surface area contributed by atoms with E-state index in [1.54, 1.807) is 18.4 Å². The van der Waals surface area contributed by atoms with Crippen LogP contribution in [0.5, 0.6) is 5.75 Å². The van der Waals surface area contributed by atoms with E-state index in [1.807, 2.05) is 0 Å². The Morgan fingerprint density at radius 3 is 2.69 bits per heavy atom. The fourth-order valence-electron chi connectivity index (χ4n) is 4.47. The zero-order chi connectivity index (χ0) is 23.2. The molecule has 10 heteroatoms. The van der Waals surface area contributed by atoms with Gasteiger partial charge in [-0.05, 0) is 19.9 Å². The van der Waals surface area contributed by atoms with Crippen LogP contribution >= 0.6 is 0 Å². The second-order valence-corrected chi connectivity index (χ2v) is 7.75. The molecule has 2 unspecified atom stereocenters. The number of likely N-dealkylation sites (N-methyl/N-ethyl adjacent to an activating group) is 1. The number of carbonyl (C=O) groups is 2. The van der Waals surface area contributed by atoms with Crippen molar-refractivity contribution >= 4 is 11.8 Å². The first-order valence-electron chi connectivity index (χ1n) is 10.4. The van der Waals surface area contributed by atoms with Crippen LogP contribution in [0.2, 0.25) is 0 Å². The van der Waals surface area contributed by atoms with Crippen molar-refractivity contribution < 1.29 is 28.2 Å². The fourth-order valence-corrected chi connectivity index (χ4v) is 4.47. The Labute approximate surface area is 182 Å². The van der Waals surface area contributed by atoms with Gasteiger partial charge in [0.05, 0.1) is 11.7 Å². The van der Waals surface area contributed by atoms with E-state index in [2.05, 4.69) is 5.32 Å². The third-order valence-electron chi connectivity index (χ3n) is 5.93. The molecule has 0 radical (unpaired) electrons. The molecule has 2 atom stereocenters. The number of carbonyl (C=O) groups excluding carboxylic acids is 2. The Morgan fingerprint density at radius 1 is 1.28 bits per heavy atom. The van der Waals surface area contributed by atoms with E-state index in [0.29, 0.717) is 32.2 Å². The highest BCUT2D eigenvalue weighted by Crippen LogP contribution is 2.43. The second-order valence-electron chi connectivity index (χ2n) is 7.75. The van der Waals surface area contributed by atoms with Crippen LogP contribution < -0.4 is 10.7 Å². The van der Waals surface area contributed by atoms with Gasteiger partial charge < -0.3 is 24.6 Å². The Morgan fingerprint density at radius 2 is 2.03 bits per heavy atom. The van der Waals surface area contributed by atoms with Crippen molar-refractivity contribution in [1.82, 2.24) is 14.8 Å². The lowest BCUT2D eigenvalue weighted by molar-refractivity contribution is 0.0536. The number of rotatable bonds is 6. The molecule has 2 aromatic rings. The molecule has 8 nitrogen and oxygen atoms in total. The van der Waals surface area contributed by atoms with Gasteiger partial charge in [0, 0.05) is 44.3 Å². The lowest BCUT2D eigenvalue weighted by atomic mass is 10.1. The number of hydrogen-bond acceptors (Lipinski definition) is 5. The minimum absolute atomic E-state index is 0.0338. The monoisotopic (exact) mass is 447 g/mol. The summed E-state index contributed by atoms with van der Waals surface area (Å²) in [6.45, 7) is 4.37. The number of amides is 2. The normalized spacial score (nSPS) is 19.2. The predicted octanol–water partition coefficient (Wildman–Crippen LogP) is 2.26. The van der Waals surface area contributed by atoms with Crippen molar-refractivity contribution in [1.29, 1.82) is 0 Å². The quantitative estimate of drug-likeness (QED) is 0.708. The summed E-state index contributed by atoms with van der Waals surface area (Å²) in [7, 11) is 0. The third-order valence-corrected chi connectivity index (χ3v) is 5.93. The number of nitrogens with one attached hydrogen (secondary N) is 1. The Hall–Kier alpha value is -3.27. The Bertz CT molecular complexity index is 1160. The van der Waals surface area contributed by atoms with Crippen LogP contribution in [0.25, 0.3) is 0 Å². The second kappa shape index (κ2) is 8.34. The average Bonchev–Trinajstić information content (AvgIpc) is 3.10. The van der Waals surface area contributed by atoms with Crippen LogP contribution in [0.3, 0.4) is 0 Å². The van der Waals surface area contributed by atoms with Gasteiger partial charge in [0.15, 0.2) is 11.4 Å². The molecule has 4 rings (SSSR count). The highest BCUT2D eigenvalue weighted by atomic mass is 19.1. The highest BCUT2D eigenvalue weighted by Gasteiger charge is 2.45. The molecule has 0 saturated carbocycles. The molecule has 0 saturated heterocycles. The molecule has 1 aromatic heterocycles. The molecule has 0 bridgehead atoms. The van der Waals surface area contributed by atoms with Crippen LogP contribution in [-0.2, 0) is 11.3 Å². The first-order chi connectivity index (χ1) is 15.3. The number of benzene rings is 1. The molecule has 0 fully saturated rings. The van der Waals surface area contributed by atoms with Gasteiger partial charge in [-0.15, -0.1) is 0 Å². The number of ether oxygens (including phenoxy) is 1. The van der Waals surface area contributed by atoms with Gasteiger partial charge in [0.25, 0.3) is 11.8 Å². The predicted molar refractivity (Wildman–Crippen MR) is 109 cm³/mol. The molecule has 170 valence electrons. The van der Waals surface area contributed by atoms with E-state index >= 15 is 0 Å². The van der Waals surface area contributed by atoms with E-state index < -0.39 is 40.7 Å². The van der Waals surface area contributed by atoms with Crippen molar-refractivity contribution in [3.63, 3.8) is 0 Å². The lowest BCUT2D eigenvalue weighted by Gasteiger charge is -2.33. The van der Waals surface area contributed by atoms with Gasteiger partial charge in [-0.3, -0.25) is 14.4 Å². The summed E-state index contributed by atoms with van der Waals surface area (Å²) in [6.07, 6.45) is -0.189. The molecule has 32 heavy (non-hydrogen) atoms. The van der Waals surface area contributed by atoms with Crippen LogP contribution in [0.1, 0.15) is 64.5 Å². The van der Waals surface area contributed by atoms with Crippen LogP contribution in [0.4, 0.5) is 8.78 Å². The number of halogens is 2. The number of nitrogens with zero attached hydrogens (tertiary/aromatic N) is 2. The van der Waals surface area contributed by atoms with Gasteiger partial charge in [0.2, 0.25) is 5.43 Å². The highest BCUT2D eigenvalue weighted by molar-refractivity contribution is 6.00. The summed E-state index contributed by atoms with van der Waals surface area (Å²) in [6, 6.07) is 2.69. The molecule has 2 amide bonds. The summed E-state index contributed by atoms with van der Waals surface area (Å²) < 4.78 is 34.4. The molecule has 0 aliphatic carbocycles. The van der Waals surface area contributed by atoms with Gasteiger partial charge in [-0.25, -0.2) is 8.78 Å². The Kier molecular flexibility index (Phi) is 5.72. The maximum Gasteiger partial charge on any atom is 0.274 e. The number of hydrogen-bond donors (Lipinski definition) is 2. The summed E-state index contributed by atoms with van der Waals surface area (Å²) in [5.74, 6) is -3.71. The van der Waals surface area contributed by atoms with E-state index in [4.69, 9.17) is 4.74 Å². The average molecular weight is 447 g/mol. The van der Waals surface area contributed by atoms with E-state index in [0.717, 1.165) is 6.07 Å². The molecule has 1 aromatic carbocycles. The number of pyridine rings is 1. The molecular weight excluding hydrogens is 424 g/mol. The van der Waals surface area contributed by atoms with Crippen molar-refractivity contribution in [2.24, 2.45) is 0 Å². The number of aromatic hydroxyl groups is 1. The Balaban J connectivity index is 1.78. The van der Waals surface area contributed by atoms with Crippen molar-refractivity contribution in [2.75, 3.05) is 19.7 Å². The zero-order valence-electron chi connectivity index (χ0n) is 17.7. The van der Waals surface area contributed by atoms with Crippen molar-refractivity contribution in [2.45, 2.75) is 39.0 Å². The van der Waals surface area contributed by atoms with Gasteiger partial charge in [-0.1, -0.05) is 6.07 Å². The SMILES string of the molecule is CCOC1CC2CN(CC)C(=O)c3c(O)c(=O)c(C(=O)NCc4ccc(F)cc4F)c1n32. The van der Waals surface area contributed by atoms with Gasteiger partial charge >= 0.3 is 0 Å². The van der Waals surface area contributed by atoms with E-state index in [1.165, 1.54) is 11.0 Å². The minimum atomic E-state index is -0.986. The number of aromatic nitrogens is 1. The lowest BCUT2D eigenvalue weighted by Crippen LogP contribution is -2.44. The summed E-state index contributed by atoms with van der Waals surface area (Å²) >= 11 is 0. The molecule has 3 heterocycles.